The number of carbonyl (C=O) groups excluding carboxylic acids is 1. The molecular weight excluding hydrogens is 276 g/mol. The zero-order valence-electron chi connectivity index (χ0n) is 8.83. The van der Waals surface area contributed by atoms with Crippen LogP contribution in [-0.2, 0) is 4.74 Å². The number of halogens is 1. The van der Waals surface area contributed by atoms with E-state index in [1.54, 1.807) is 7.11 Å². The highest BCUT2D eigenvalue weighted by Gasteiger charge is 2.12. The van der Waals surface area contributed by atoms with Gasteiger partial charge in [0.2, 0.25) is 5.56 Å². The Hall–Kier alpha value is -1.14. The van der Waals surface area contributed by atoms with Crippen molar-refractivity contribution in [2.24, 2.45) is 0 Å². The molecule has 1 unspecified atom stereocenters. The van der Waals surface area contributed by atoms with Gasteiger partial charge in [-0.3, -0.25) is 9.59 Å². The summed E-state index contributed by atoms with van der Waals surface area (Å²) in [5, 5.41) is 3.38. The molecule has 1 amide bonds. The largest absolute Gasteiger partial charge is 0.383 e. The Bertz CT molecular complexity index is 385. The molecule has 0 saturated carbocycles. The molecule has 0 aliphatic carbocycles. The van der Waals surface area contributed by atoms with Crippen molar-refractivity contribution in [3.63, 3.8) is 0 Å². The monoisotopic (exact) mass is 288 g/mol. The van der Waals surface area contributed by atoms with Gasteiger partial charge in [-0.25, -0.2) is 0 Å². The second-order valence-electron chi connectivity index (χ2n) is 3.22. The molecule has 6 heteroatoms. The highest BCUT2D eigenvalue weighted by atomic mass is 79.9. The number of alkyl halides is 1. The summed E-state index contributed by atoms with van der Waals surface area (Å²) in [7, 11) is 1.57. The van der Waals surface area contributed by atoms with Crippen LogP contribution in [0.1, 0.15) is 10.4 Å². The SMILES string of the molecule is COCC(CBr)NC(=O)c1ccc(=O)[nH]c1. The Morgan fingerprint density at radius 2 is 2.38 bits per heavy atom. The van der Waals surface area contributed by atoms with Gasteiger partial charge in [0.25, 0.3) is 5.91 Å². The van der Waals surface area contributed by atoms with Crippen LogP contribution in [0.4, 0.5) is 0 Å². The fourth-order valence-corrected chi connectivity index (χ4v) is 1.50. The molecule has 1 aromatic heterocycles. The summed E-state index contributed by atoms with van der Waals surface area (Å²) in [5.41, 5.74) is 0.187. The minimum absolute atomic E-state index is 0.0931. The van der Waals surface area contributed by atoms with Crippen LogP contribution in [0.2, 0.25) is 0 Å². The second-order valence-corrected chi connectivity index (χ2v) is 3.87. The Morgan fingerprint density at radius 1 is 1.62 bits per heavy atom. The number of ether oxygens (including phenoxy) is 1. The van der Waals surface area contributed by atoms with Crippen LogP contribution in [0.5, 0.6) is 0 Å². The maximum absolute atomic E-state index is 11.7. The topological polar surface area (TPSA) is 71.2 Å². The van der Waals surface area contributed by atoms with Crippen LogP contribution >= 0.6 is 15.9 Å². The third-order valence-corrected chi connectivity index (χ3v) is 2.72. The first kappa shape index (κ1) is 12.9. The normalized spacial score (nSPS) is 12.1. The molecule has 5 nitrogen and oxygen atoms in total. The summed E-state index contributed by atoms with van der Waals surface area (Å²) in [6.07, 6.45) is 1.38. The van der Waals surface area contributed by atoms with Gasteiger partial charge in [-0.05, 0) is 6.07 Å². The lowest BCUT2D eigenvalue weighted by Crippen LogP contribution is -2.39. The molecule has 0 fully saturated rings. The first-order valence-corrected chi connectivity index (χ1v) is 5.84. The quantitative estimate of drug-likeness (QED) is 0.776. The molecule has 1 rings (SSSR count). The summed E-state index contributed by atoms with van der Waals surface area (Å²) >= 11 is 3.28. The highest BCUT2D eigenvalue weighted by Crippen LogP contribution is 1.97. The number of aromatic amines is 1. The van der Waals surface area contributed by atoms with Crippen LogP contribution in [0.25, 0.3) is 0 Å². The average Bonchev–Trinajstić information content (AvgIpc) is 2.29. The van der Waals surface area contributed by atoms with Gasteiger partial charge in [-0.15, -0.1) is 0 Å². The summed E-state index contributed by atoms with van der Waals surface area (Å²) in [6, 6.07) is 2.70. The van der Waals surface area contributed by atoms with Crippen molar-refractivity contribution >= 4 is 21.8 Å². The Labute approximate surface area is 101 Å². The zero-order valence-corrected chi connectivity index (χ0v) is 10.4. The predicted octanol–water partition coefficient (Wildman–Crippen LogP) is 0.515. The van der Waals surface area contributed by atoms with Gasteiger partial charge in [0.05, 0.1) is 18.2 Å². The number of hydrogen-bond donors (Lipinski definition) is 2. The van der Waals surface area contributed by atoms with E-state index in [-0.39, 0.29) is 17.5 Å². The van der Waals surface area contributed by atoms with E-state index >= 15 is 0 Å². The van der Waals surface area contributed by atoms with E-state index in [9.17, 15) is 9.59 Å². The number of rotatable bonds is 5. The first-order valence-electron chi connectivity index (χ1n) is 4.72. The number of nitrogens with one attached hydrogen (secondary N) is 2. The van der Waals surface area contributed by atoms with E-state index in [1.165, 1.54) is 18.3 Å². The van der Waals surface area contributed by atoms with Gasteiger partial charge in [-0.1, -0.05) is 15.9 Å². The maximum Gasteiger partial charge on any atom is 0.253 e. The Balaban J connectivity index is 2.64. The summed E-state index contributed by atoms with van der Waals surface area (Å²) in [4.78, 5) is 24.9. The lowest BCUT2D eigenvalue weighted by Gasteiger charge is -2.14. The number of aromatic nitrogens is 1. The van der Waals surface area contributed by atoms with Crippen molar-refractivity contribution in [3.05, 3.63) is 34.2 Å². The molecule has 0 aliphatic heterocycles. The molecule has 88 valence electrons. The molecular formula is C10H13BrN2O3. The van der Waals surface area contributed by atoms with Crippen LogP contribution in [0, 0.1) is 0 Å². The van der Waals surface area contributed by atoms with Crippen molar-refractivity contribution in [1.82, 2.24) is 10.3 Å². The minimum atomic E-state index is -0.238. The Kier molecular flexibility index (Phi) is 5.21. The molecule has 0 aliphatic rings. The molecule has 0 saturated heterocycles. The number of pyridine rings is 1. The Morgan fingerprint density at radius 3 is 2.88 bits per heavy atom. The molecule has 0 aromatic carbocycles. The van der Waals surface area contributed by atoms with E-state index in [2.05, 4.69) is 26.2 Å². The van der Waals surface area contributed by atoms with Crippen LogP contribution in [-0.4, -0.2) is 36.0 Å². The second kappa shape index (κ2) is 6.44. The van der Waals surface area contributed by atoms with Gasteiger partial charge in [0, 0.05) is 24.7 Å². The minimum Gasteiger partial charge on any atom is -0.383 e. The van der Waals surface area contributed by atoms with Crippen molar-refractivity contribution in [2.45, 2.75) is 6.04 Å². The molecule has 1 heterocycles. The number of methoxy groups -OCH3 is 1. The van der Waals surface area contributed by atoms with Gasteiger partial charge >= 0.3 is 0 Å². The summed E-state index contributed by atoms with van der Waals surface area (Å²) in [6.45, 7) is 0.431. The molecule has 1 atom stereocenters. The van der Waals surface area contributed by atoms with E-state index in [1.807, 2.05) is 0 Å². The number of hydrogen-bond acceptors (Lipinski definition) is 3. The van der Waals surface area contributed by atoms with Gasteiger partial charge in [0.1, 0.15) is 0 Å². The zero-order chi connectivity index (χ0) is 12.0. The van der Waals surface area contributed by atoms with Gasteiger partial charge in [0.15, 0.2) is 0 Å². The van der Waals surface area contributed by atoms with Crippen molar-refractivity contribution in [1.29, 1.82) is 0 Å². The standard InChI is InChI=1S/C10H13BrN2O3/c1-16-6-8(4-11)13-10(15)7-2-3-9(14)12-5-7/h2-3,5,8H,4,6H2,1H3,(H,12,14)(H,13,15). The van der Waals surface area contributed by atoms with Gasteiger partial charge < -0.3 is 15.0 Å². The third kappa shape index (κ3) is 3.79. The van der Waals surface area contributed by atoms with Crippen molar-refractivity contribution in [3.8, 4) is 0 Å². The van der Waals surface area contributed by atoms with Gasteiger partial charge in [-0.2, -0.15) is 0 Å². The average molecular weight is 289 g/mol. The van der Waals surface area contributed by atoms with Crippen molar-refractivity contribution < 1.29 is 9.53 Å². The van der Waals surface area contributed by atoms with Crippen LogP contribution in [0.15, 0.2) is 23.1 Å². The van der Waals surface area contributed by atoms with E-state index < -0.39 is 0 Å². The summed E-state index contributed by atoms with van der Waals surface area (Å²) < 4.78 is 4.95. The fraction of sp³-hybridized carbons (Fsp3) is 0.400. The van der Waals surface area contributed by atoms with E-state index in [0.717, 1.165) is 0 Å². The molecule has 1 aromatic rings. The number of amides is 1. The summed E-state index contributed by atoms with van der Waals surface area (Å²) in [5.74, 6) is -0.238. The smallest absolute Gasteiger partial charge is 0.253 e. The molecule has 16 heavy (non-hydrogen) atoms. The first-order chi connectivity index (χ1) is 7.67. The lowest BCUT2D eigenvalue weighted by atomic mass is 10.2. The molecule has 0 radical (unpaired) electrons. The molecule has 0 bridgehead atoms. The number of H-pyrrole nitrogens is 1. The van der Waals surface area contributed by atoms with E-state index in [0.29, 0.717) is 17.5 Å². The molecule has 0 spiro atoms. The van der Waals surface area contributed by atoms with E-state index in [4.69, 9.17) is 4.74 Å². The molecule has 2 N–H and O–H groups in total. The maximum atomic E-state index is 11.7. The predicted molar refractivity (Wildman–Crippen MR) is 64.0 cm³/mol. The van der Waals surface area contributed by atoms with Crippen LogP contribution in [0.3, 0.4) is 0 Å². The third-order valence-electron chi connectivity index (χ3n) is 1.94. The fourth-order valence-electron chi connectivity index (χ4n) is 1.15. The lowest BCUT2D eigenvalue weighted by molar-refractivity contribution is 0.0907. The number of carbonyl (C=O) groups is 1. The van der Waals surface area contributed by atoms with Crippen LogP contribution < -0.4 is 10.9 Å². The van der Waals surface area contributed by atoms with Crippen molar-refractivity contribution in [2.75, 3.05) is 19.0 Å². The highest BCUT2D eigenvalue weighted by molar-refractivity contribution is 9.09.